The first-order valence-electron chi connectivity index (χ1n) is 15.0. The smallest absolute Gasteiger partial charge is 0.251 e. The maximum absolute atomic E-state index is 13.4. The molecular formula is C32H44ClN5O2. The Morgan fingerprint density at radius 2 is 1.88 bits per heavy atom. The minimum atomic E-state index is -0.0822. The Kier molecular flexibility index (Phi) is 9.53. The first-order valence-corrected chi connectivity index (χ1v) is 15.3. The molecule has 2 fully saturated rings. The van der Waals surface area contributed by atoms with Crippen molar-refractivity contribution in [2.24, 2.45) is 10.9 Å². The van der Waals surface area contributed by atoms with Crippen molar-refractivity contribution in [1.82, 2.24) is 21.3 Å². The van der Waals surface area contributed by atoms with Gasteiger partial charge in [0.05, 0.1) is 18.7 Å². The number of carbonyl (C=O) groups is 1. The van der Waals surface area contributed by atoms with Crippen LogP contribution in [0.4, 0.5) is 0 Å². The van der Waals surface area contributed by atoms with Gasteiger partial charge in [0.1, 0.15) is 5.75 Å². The average molecular weight is 566 g/mol. The third kappa shape index (κ3) is 7.10. The number of amides is 1. The van der Waals surface area contributed by atoms with Crippen LogP contribution in [0.2, 0.25) is 5.02 Å². The van der Waals surface area contributed by atoms with Crippen LogP contribution in [0.15, 0.2) is 41.4 Å². The van der Waals surface area contributed by atoms with E-state index in [1.54, 1.807) is 13.2 Å². The van der Waals surface area contributed by atoms with Crippen molar-refractivity contribution in [3.63, 3.8) is 0 Å². The summed E-state index contributed by atoms with van der Waals surface area (Å²) in [4.78, 5) is 17.9. The summed E-state index contributed by atoms with van der Waals surface area (Å²) in [5.74, 6) is 2.26. The lowest BCUT2D eigenvalue weighted by molar-refractivity contribution is 0.0950. The number of guanidine groups is 1. The second kappa shape index (κ2) is 13.3. The van der Waals surface area contributed by atoms with Gasteiger partial charge in [0.2, 0.25) is 0 Å². The molecule has 1 saturated heterocycles. The van der Waals surface area contributed by atoms with Gasteiger partial charge >= 0.3 is 0 Å². The number of aliphatic imine (C=N–C) groups is 1. The standard InChI is InChI=1S/C32H44ClN5O2/c1-22-18-32(10-6-4-3-5-7-11-32)38-21-27(22)25-14-24(20-37-31-34-12-13-35-31)15-26(17-25)30(39)36-19-23-8-9-28(33)29(16-23)40-2/h8-9,14-17,22,27,38H,3-7,10-13,18-21H2,1-2H3,(H,36,39)(H2,34,35,37). The van der Waals surface area contributed by atoms with Crippen LogP contribution in [-0.4, -0.2) is 44.1 Å². The van der Waals surface area contributed by atoms with Crippen LogP contribution in [0.3, 0.4) is 0 Å². The summed E-state index contributed by atoms with van der Waals surface area (Å²) in [7, 11) is 1.59. The number of rotatable bonds is 7. The van der Waals surface area contributed by atoms with Gasteiger partial charge < -0.3 is 26.0 Å². The Hall–Kier alpha value is -2.77. The first-order chi connectivity index (χ1) is 19.4. The molecule has 2 heterocycles. The minimum absolute atomic E-state index is 0.0822. The topological polar surface area (TPSA) is 86.8 Å². The zero-order valence-corrected chi connectivity index (χ0v) is 24.7. The van der Waals surface area contributed by atoms with Crippen molar-refractivity contribution < 1.29 is 9.53 Å². The Morgan fingerprint density at radius 3 is 2.60 bits per heavy atom. The SMILES string of the molecule is COc1cc(CNC(=O)c2cc(CNC3=NCCN3)cc(C3CNC4(CCCCCCC4)CC3C)c2)ccc1Cl. The number of halogens is 1. The fourth-order valence-corrected chi connectivity index (χ4v) is 6.93. The highest BCUT2D eigenvalue weighted by Crippen LogP contribution is 2.41. The van der Waals surface area contributed by atoms with Crippen LogP contribution in [0.25, 0.3) is 0 Å². The van der Waals surface area contributed by atoms with Crippen molar-refractivity contribution in [3.8, 4) is 5.75 Å². The normalized spacial score (nSPS) is 22.5. The highest BCUT2D eigenvalue weighted by molar-refractivity contribution is 6.32. The molecule has 40 heavy (non-hydrogen) atoms. The molecule has 3 aliphatic rings. The number of hydrogen-bond acceptors (Lipinski definition) is 6. The summed E-state index contributed by atoms with van der Waals surface area (Å²) in [6.45, 7) is 6.03. The molecule has 0 radical (unpaired) electrons. The Labute approximate surface area is 243 Å². The van der Waals surface area contributed by atoms with E-state index in [-0.39, 0.29) is 11.4 Å². The third-order valence-electron chi connectivity index (χ3n) is 8.92. The predicted molar refractivity (Wildman–Crippen MR) is 162 cm³/mol. The number of piperidine rings is 1. The maximum atomic E-state index is 13.4. The molecule has 7 nitrogen and oxygen atoms in total. The van der Waals surface area contributed by atoms with Gasteiger partial charge in [0.15, 0.2) is 5.96 Å². The Morgan fingerprint density at radius 1 is 1.07 bits per heavy atom. The van der Waals surface area contributed by atoms with Crippen molar-refractivity contribution in [3.05, 3.63) is 63.7 Å². The summed E-state index contributed by atoms with van der Waals surface area (Å²) < 4.78 is 5.34. The van der Waals surface area contributed by atoms with Crippen LogP contribution in [0.5, 0.6) is 5.75 Å². The highest BCUT2D eigenvalue weighted by atomic mass is 35.5. The second-order valence-corrected chi connectivity index (χ2v) is 12.2. The highest BCUT2D eigenvalue weighted by Gasteiger charge is 2.39. The van der Waals surface area contributed by atoms with Gasteiger partial charge in [0, 0.05) is 37.3 Å². The van der Waals surface area contributed by atoms with Gasteiger partial charge in [-0.25, -0.2) is 0 Å². The molecule has 1 spiro atoms. The molecule has 0 aromatic heterocycles. The molecule has 2 atom stereocenters. The molecular weight excluding hydrogens is 522 g/mol. The number of nitrogens with one attached hydrogen (secondary N) is 4. The van der Waals surface area contributed by atoms with E-state index in [4.69, 9.17) is 16.3 Å². The van der Waals surface area contributed by atoms with Crippen LogP contribution >= 0.6 is 11.6 Å². The van der Waals surface area contributed by atoms with Crippen molar-refractivity contribution in [1.29, 1.82) is 0 Å². The van der Waals surface area contributed by atoms with Crippen molar-refractivity contribution in [2.45, 2.75) is 82.8 Å². The molecule has 8 heteroatoms. The predicted octanol–water partition coefficient (Wildman–Crippen LogP) is 5.52. The van der Waals surface area contributed by atoms with Crippen LogP contribution in [0, 0.1) is 5.92 Å². The largest absolute Gasteiger partial charge is 0.495 e. The van der Waals surface area contributed by atoms with Crippen LogP contribution in [-0.2, 0) is 13.1 Å². The second-order valence-electron chi connectivity index (χ2n) is 11.8. The molecule has 4 N–H and O–H groups in total. The number of methoxy groups -OCH3 is 1. The third-order valence-corrected chi connectivity index (χ3v) is 9.23. The zero-order chi connectivity index (χ0) is 28.0. The summed E-state index contributed by atoms with van der Waals surface area (Å²) in [6.07, 6.45) is 10.5. The van der Waals surface area contributed by atoms with Gasteiger partial charge in [-0.2, -0.15) is 0 Å². The van der Waals surface area contributed by atoms with Gasteiger partial charge in [-0.1, -0.05) is 62.8 Å². The van der Waals surface area contributed by atoms with E-state index in [2.05, 4.69) is 45.3 Å². The monoisotopic (exact) mass is 565 g/mol. The lowest BCUT2D eigenvalue weighted by Gasteiger charge is -2.46. The quantitative estimate of drug-likeness (QED) is 0.355. The Balaban J connectivity index is 1.33. The molecule has 2 unspecified atom stereocenters. The molecule has 5 rings (SSSR count). The number of hydrogen-bond donors (Lipinski definition) is 4. The van der Waals surface area contributed by atoms with E-state index in [0.29, 0.717) is 41.3 Å². The maximum Gasteiger partial charge on any atom is 0.251 e. The van der Waals surface area contributed by atoms with Gasteiger partial charge in [0.25, 0.3) is 5.91 Å². The molecule has 2 aromatic rings. The van der Waals surface area contributed by atoms with Gasteiger partial charge in [-0.05, 0) is 72.1 Å². The fraction of sp³-hybridized carbons (Fsp3) is 0.562. The zero-order valence-electron chi connectivity index (χ0n) is 24.0. The van der Waals surface area contributed by atoms with E-state index in [1.807, 2.05) is 18.2 Å². The van der Waals surface area contributed by atoms with Crippen LogP contribution in [0.1, 0.15) is 91.3 Å². The Bertz CT molecular complexity index is 1210. The molecule has 0 bridgehead atoms. The van der Waals surface area contributed by atoms with Gasteiger partial charge in [-0.15, -0.1) is 0 Å². The molecule has 1 aliphatic carbocycles. The van der Waals surface area contributed by atoms with Crippen molar-refractivity contribution >= 4 is 23.5 Å². The van der Waals surface area contributed by atoms with Gasteiger partial charge in [-0.3, -0.25) is 9.79 Å². The van der Waals surface area contributed by atoms with E-state index in [9.17, 15) is 4.79 Å². The van der Waals surface area contributed by atoms with E-state index >= 15 is 0 Å². The number of benzene rings is 2. The summed E-state index contributed by atoms with van der Waals surface area (Å²) in [5, 5.41) is 14.4. The number of ether oxygens (including phenoxy) is 1. The first kappa shape index (κ1) is 28.7. The van der Waals surface area contributed by atoms with Crippen LogP contribution < -0.4 is 26.0 Å². The van der Waals surface area contributed by atoms with E-state index < -0.39 is 0 Å². The summed E-state index contributed by atoms with van der Waals surface area (Å²) in [6, 6.07) is 12.0. The van der Waals surface area contributed by atoms with E-state index in [1.165, 1.54) is 56.9 Å². The molecule has 1 amide bonds. The van der Waals surface area contributed by atoms with Crippen molar-refractivity contribution in [2.75, 3.05) is 26.7 Å². The summed E-state index contributed by atoms with van der Waals surface area (Å²) in [5.41, 5.74) is 4.23. The molecule has 1 saturated carbocycles. The molecule has 2 aromatic carbocycles. The average Bonchev–Trinajstić information content (AvgIpc) is 3.47. The molecule has 216 valence electrons. The lowest BCUT2D eigenvalue weighted by Crippen LogP contribution is -2.53. The minimum Gasteiger partial charge on any atom is -0.495 e. The molecule has 2 aliphatic heterocycles. The fourth-order valence-electron chi connectivity index (χ4n) is 6.73. The lowest BCUT2D eigenvalue weighted by atomic mass is 9.70. The summed E-state index contributed by atoms with van der Waals surface area (Å²) >= 11 is 6.18. The number of nitrogens with zero attached hydrogens (tertiary/aromatic N) is 1. The van der Waals surface area contributed by atoms with E-state index in [0.717, 1.165) is 36.7 Å². The number of carbonyl (C=O) groups excluding carboxylic acids is 1.